The Morgan fingerprint density at radius 1 is 1.21 bits per heavy atom. The second-order valence-corrected chi connectivity index (χ2v) is 6.55. The van der Waals surface area contributed by atoms with Crippen LogP contribution in [-0.4, -0.2) is 29.9 Å². The Hall–Kier alpha value is -0.570. The number of likely N-dealkylation sites (tertiary alicyclic amines) is 1. The minimum Gasteiger partial charge on any atom is -0.341 e. The highest BCUT2D eigenvalue weighted by molar-refractivity contribution is 5.79. The first-order valence-corrected chi connectivity index (χ1v) is 8.25. The molecular formula is C16H30N2O. The van der Waals surface area contributed by atoms with Crippen molar-refractivity contribution >= 4 is 5.91 Å². The zero-order valence-electron chi connectivity index (χ0n) is 12.4. The minimum absolute atomic E-state index is 0.207. The monoisotopic (exact) mass is 266 g/mol. The third-order valence-electron chi connectivity index (χ3n) is 4.93. The van der Waals surface area contributed by atoms with Crippen LogP contribution in [0.15, 0.2) is 0 Å². The second kappa shape index (κ2) is 7.28. The van der Waals surface area contributed by atoms with Gasteiger partial charge >= 0.3 is 0 Å². The molecule has 0 spiro atoms. The molecule has 0 aromatic carbocycles. The van der Waals surface area contributed by atoms with Crippen molar-refractivity contribution in [3.63, 3.8) is 0 Å². The largest absolute Gasteiger partial charge is 0.341 e. The maximum Gasteiger partial charge on any atom is 0.225 e. The highest BCUT2D eigenvalue weighted by atomic mass is 16.2. The van der Waals surface area contributed by atoms with Crippen LogP contribution in [0.5, 0.6) is 0 Å². The molecule has 1 aliphatic carbocycles. The van der Waals surface area contributed by atoms with Crippen molar-refractivity contribution in [3.8, 4) is 0 Å². The summed E-state index contributed by atoms with van der Waals surface area (Å²) >= 11 is 0. The lowest BCUT2D eigenvalue weighted by atomic mass is 9.79. The number of piperidine rings is 1. The molecule has 19 heavy (non-hydrogen) atoms. The van der Waals surface area contributed by atoms with Crippen molar-refractivity contribution in [2.45, 2.75) is 70.8 Å². The van der Waals surface area contributed by atoms with Crippen molar-refractivity contribution in [1.82, 2.24) is 4.90 Å². The summed E-state index contributed by atoms with van der Waals surface area (Å²) in [5.41, 5.74) is 5.98. The molecular weight excluding hydrogens is 236 g/mol. The van der Waals surface area contributed by atoms with Gasteiger partial charge in [-0.05, 0) is 44.4 Å². The van der Waals surface area contributed by atoms with Crippen LogP contribution in [0.3, 0.4) is 0 Å². The standard InChI is InChI=1S/C16H30N2O/c1-2-3-5-13-7-9-14(10-8-13)16(19)18-11-4-6-15(17)12-18/h13-15H,2-12,17H2,1H3. The summed E-state index contributed by atoms with van der Waals surface area (Å²) in [4.78, 5) is 14.5. The number of hydrogen-bond donors (Lipinski definition) is 1. The summed E-state index contributed by atoms with van der Waals surface area (Å²) < 4.78 is 0. The van der Waals surface area contributed by atoms with Gasteiger partial charge in [0.25, 0.3) is 0 Å². The van der Waals surface area contributed by atoms with E-state index in [1.54, 1.807) is 0 Å². The molecule has 2 N–H and O–H groups in total. The first-order chi connectivity index (χ1) is 9.20. The fraction of sp³-hybridized carbons (Fsp3) is 0.938. The van der Waals surface area contributed by atoms with Crippen LogP contribution in [0.2, 0.25) is 0 Å². The number of rotatable bonds is 4. The number of amides is 1. The van der Waals surface area contributed by atoms with Crippen molar-refractivity contribution in [2.24, 2.45) is 17.6 Å². The lowest BCUT2D eigenvalue weighted by molar-refractivity contribution is -0.138. The highest BCUT2D eigenvalue weighted by Crippen LogP contribution is 2.33. The molecule has 1 saturated carbocycles. The molecule has 1 atom stereocenters. The zero-order chi connectivity index (χ0) is 13.7. The topological polar surface area (TPSA) is 46.3 Å². The smallest absolute Gasteiger partial charge is 0.225 e. The van der Waals surface area contributed by atoms with E-state index in [1.165, 1.54) is 32.1 Å². The molecule has 1 aliphatic heterocycles. The maximum absolute atomic E-state index is 12.5. The first-order valence-electron chi connectivity index (χ1n) is 8.25. The SMILES string of the molecule is CCCCC1CCC(C(=O)N2CCCC(N)C2)CC1. The van der Waals surface area contributed by atoms with E-state index in [0.29, 0.717) is 11.8 Å². The predicted molar refractivity (Wildman–Crippen MR) is 78.8 cm³/mol. The summed E-state index contributed by atoms with van der Waals surface area (Å²) in [5.74, 6) is 1.57. The fourth-order valence-electron chi connectivity index (χ4n) is 3.66. The number of carbonyl (C=O) groups excluding carboxylic acids is 1. The molecule has 110 valence electrons. The van der Waals surface area contributed by atoms with Crippen LogP contribution in [0, 0.1) is 11.8 Å². The van der Waals surface area contributed by atoms with E-state index in [0.717, 1.165) is 44.7 Å². The van der Waals surface area contributed by atoms with E-state index in [-0.39, 0.29) is 6.04 Å². The van der Waals surface area contributed by atoms with Crippen LogP contribution in [0.1, 0.15) is 64.7 Å². The highest BCUT2D eigenvalue weighted by Gasteiger charge is 2.30. The molecule has 0 aromatic rings. The summed E-state index contributed by atoms with van der Waals surface area (Å²) in [5, 5.41) is 0. The van der Waals surface area contributed by atoms with Gasteiger partial charge in [0.1, 0.15) is 0 Å². The number of unbranched alkanes of at least 4 members (excludes halogenated alkanes) is 1. The van der Waals surface area contributed by atoms with Crippen molar-refractivity contribution in [2.75, 3.05) is 13.1 Å². The van der Waals surface area contributed by atoms with Crippen molar-refractivity contribution in [3.05, 3.63) is 0 Å². The average molecular weight is 266 g/mol. The van der Waals surface area contributed by atoms with Gasteiger partial charge in [0.2, 0.25) is 5.91 Å². The van der Waals surface area contributed by atoms with Gasteiger partial charge in [0.15, 0.2) is 0 Å². The third kappa shape index (κ3) is 4.20. The van der Waals surface area contributed by atoms with Gasteiger partial charge in [0.05, 0.1) is 0 Å². The molecule has 2 fully saturated rings. The van der Waals surface area contributed by atoms with Crippen LogP contribution >= 0.6 is 0 Å². The van der Waals surface area contributed by atoms with E-state index in [1.807, 2.05) is 4.90 Å². The molecule has 2 aliphatic rings. The molecule has 0 bridgehead atoms. The Labute approximate surface area is 117 Å². The van der Waals surface area contributed by atoms with E-state index in [2.05, 4.69) is 6.92 Å². The lowest BCUT2D eigenvalue weighted by Crippen LogP contribution is -2.48. The molecule has 1 heterocycles. The van der Waals surface area contributed by atoms with Crippen molar-refractivity contribution in [1.29, 1.82) is 0 Å². The summed E-state index contributed by atoms with van der Waals surface area (Å²) in [7, 11) is 0. The van der Waals surface area contributed by atoms with Gasteiger partial charge in [-0.25, -0.2) is 0 Å². The van der Waals surface area contributed by atoms with E-state index in [4.69, 9.17) is 5.73 Å². The number of carbonyl (C=O) groups is 1. The average Bonchev–Trinajstić information content (AvgIpc) is 2.45. The minimum atomic E-state index is 0.207. The van der Waals surface area contributed by atoms with E-state index < -0.39 is 0 Å². The van der Waals surface area contributed by atoms with Gasteiger partial charge in [-0.15, -0.1) is 0 Å². The summed E-state index contributed by atoms with van der Waals surface area (Å²) in [6.45, 7) is 3.98. The first kappa shape index (κ1) is 14.8. The van der Waals surface area contributed by atoms with E-state index >= 15 is 0 Å². The maximum atomic E-state index is 12.5. The molecule has 1 saturated heterocycles. The number of hydrogen-bond acceptors (Lipinski definition) is 2. The molecule has 1 unspecified atom stereocenters. The Morgan fingerprint density at radius 2 is 1.95 bits per heavy atom. The normalized spacial score (nSPS) is 32.3. The fourth-order valence-corrected chi connectivity index (χ4v) is 3.66. The Kier molecular flexibility index (Phi) is 5.68. The predicted octanol–water partition coefficient (Wildman–Crippen LogP) is 2.93. The molecule has 3 heteroatoms. The van der Waals surface area contributed by atoms with Crippen LogP contribution in [-0.2, 0) is 4.79 Å². The second-order valence-electron chi connectivity index (χ2n) is 6.55. The van der Waals surface area contributed by atoms with Gasteiger partial charge in [-0.3, -0.25) is 4.79 Å². The van der Waals surface area contributed by atoms with Crippen molar-refractivity contribution < 1.29 is 4.79 Å². The molecule has 0 radical (unpaired) electrons. The summed E-state index contributed by atoms with van der Waals surface area (Å²) in [6, 6.07) is 0.207. The molecule has 3 nitrogen and oxygen atoms in total. The van der Waals surface area contributed by atoms with Gasteiger partial charge in [-0.1, -0.05) is 26.2 Å². The Bertz CT molecular complexity index is 284. The Balaban J connectivity index is 1.75. The quantitative estimate of drug-likeness (QED) is 0.850. The van der Waals surface area contributed by atoms with E-state index in [9.17, 15) is 4.79 Å². The molecule has 1 amide bonds. The number of nitrogens with zero attached hydrogens (tertiary/aromatic N) is 1. The zero-order valence-corrected chi connectivity index (χ0v) is 12.4. The van der Waals surface area contributed by atoms with Gasteiger partial charge in [-0.2, -0.15) is 0 Å². The molecule has 2 rings (SSSR count). The molecule has 0 aromatic heterocycles. The third-order valence-corrected chi connectivity index (χ3v) is 4.93. The van der Waals surface area contributed by atoms with Crippen LogP contribution in [0.25, 0.3) is 0 Å². The van der Waals surface area contributed by atoms with Gasteiger partial charge < -0.3 is 10.6 Å². The van der Waals surface area contributed by atoms with Crippen LogP contribution in [0.4, 0.5) is 0 Å². The summed E-state index contributed by atoms with van der Waals surface area (Å²) in [6.07, 6.45) is 10.9. The lowest BCUT2D eigenvalue weighted by Gasteiger charge is -2.36. The van der Waals surface area contributed by atoms with Crippen LogP contribution < -0.4 is 5.73 Å². The Morgan fingerprint density at radius 3 is 2.58 bits per heavy atom. The number of nitrogens with two attached hydrogens (primary N) is 1. The van der Waals surface area contributed by atoms with Gasteiger partial charge in [0, 0.05) is 25.0 Å².